The smallest absolute Gasteiger partial charge is 0.399 e. The van der Waals surface area contributed by atoms with Gasteiger partial charge < -0.3 is 14.2 Å². The number of rotatable bonds is 3. The van der Waals surface area contributed by atoms with Gasteiger partial charge in [0.1, 0.15) is 0 Å². The predicted octanol–water partition coefficient (Wildman–Crippen LogP) is 3.04. The molecule has 140 valence electrons. The predicted molar refractivity (Wildman–Crippen MR) is 104 cm³/mol. The fraction of sp³-hybridized carbons (Fsp3) is 0.667. The van der Waals surface area contributed by atoms with Gasteiger partial charge in [0.2, 0.25) is 0 Å². The highest BCUT2D eigenvalue weighted by Gasteiger charge is 2.51. The maximum absolute atomic E-state index is 13.0. The second-order valence-electron chi connectivity index (χ2n) is 9.29. The molecule has 5 heteroatoms. The summed E-state index contributed by atoms with van der Waals surface area (Å²) in [7, 11) is 1.84. The lowest BCUT2D eigenvalue weighted by atomic mass is 9.78. The van der Waals surface area contributed by atoms with Crippen LogP contribution in [0.4, 0.5) is 0 Å². The van der Waals surface area contributed by atoms with Crippen LogP contribution in [-0.4, -0.2) is 48.1 Å². The van der Waals surface area contributed by atoms with E-state index in [2.05, 4.69) is 39.6 Å². The summed E-state index contributed by atoms with van der Waals surface area (Å²) in [5.41, 5.74) is 1.10. The minimum Gasteiger partial charge on any atom is -0.399 e. The molecule has 3 heterocycles. The van der Waals surface area contributed by atoms with Crippen LogP contribution in [0.15, 0.2) is 24.3 Å². The Morgan fingerprint density at radius 3 is 2.00 bits per heavy atom. The van der Waals surface area contributed by atoms with Gasteiger partial charge in [-0.3, -0.25) is 4.79 Å². The van der Waals surface area contributed by atoms with E-state index >= 15 is 0 Å². The molecule has 0 aliphatic carbocycles. The van der Waals surface area contributed by atoms with Crippen LogP contribution in [0.2, 0.25) is 0 Å². The maximum Gasteiger partial charge on any atom is 0.494 e. The first-order valence-corrected chi connectivity index (χ1v) is 9.90. The van der Waals surface area contributed by atoms with Crippen molar-refractivity contribution in [2.45, 2.75) is 76.7 Å². The number of hydrogen-bond acceptors (Lipinski definition) is 4. The Hall–Kier alpha value is -1.17. The average molecular weight is 355 g/mol. The molecule has 0 N–H and O–H groups in total. The van der Waals surface area contributed by atoms with Gasteiger partial charge in [-0.1, -0.05) is 24.3 Å². The lowest BCUT2D eigenvalue weighted by Gasteiger charge is -2.35. The molecule has 3 aliphatic rings. The molecule has 3 fully saturated rings. The van der Waals surface area contributed by atoms with Gasteiger partial charge in [0.15, 0.2) is 5.78 Å². The Morgan fingerprint density at radius 1 is 1.00 bits per heavy atom. The second kappa shape index (κ2) is 6.18. The number of piperidine rings is 1. The van der Waals surface area contributed by atoms with Gasteiger partial charge in [0.05, 0.1) is 11.2 Å². The summed E-state index contributed by atoms with van der Waals surface area (Å²) in [5.74, 6) is 0.474. The fourth-order valence-electron chi connectivity index (χ4n) is 4.64. The van der Waals surface area contributed by atoms with Gasteiger partial charge in [0.25, 0.3) is 0 Å². The number of carbonyl (C=O) groups excluding carboxylic acids is 1. The molecule has 0 spiro atoms. The van der Waals surface area contributed by atoms with Gasteiger partial charge >= 0.3 is 7.12 Å². The standard InChI is InChI=1S/C21H30BNO3/c1-20(2)21(3,4)26-22(25-20)16-8-6-14(7-9-16)19(24)15-12-17-10-11-18(13-15)23(17)5/h6-9,15,17-18H,10-13H2,1-5H3. The largest absolute Gasteiger partial charge is 0.494 e. The van der Waals surface area contributed by atoms with E-state index in [4.69, 9.17) is 9.31 Å². The highest BCUT2D eigenvalue weighted by Crippen LogP contribution is 2.39. The van der Waals surface area contributed by atoms with E-state index in [1.54, 1.807) is 0 Å². The van der Waals surface area contributed by atoms with Crippen molar-refractivity contribution < 1.29 is 14.1 Å². The molecule has 0 radical (unpaired) electrons. The van der Waals surface area contributed by atoms with Crippen molar-refractivity contribution in [1.82, 2.24) is 4.90 Å². The summed E-state index contributed by atoms with van der Waals surface area (Å²) in [4.78, 5) is 15.5. The third-order valence-corrected chi connectivity index (χ3v) is 7.19. The number of Topliss-reactive ketones (excluding diaryl/α,β-unsaturated/α-hetero) is 1. The van der Waals surface area contributed by atoms with E-state index in [1.807, 2.05) is 24.3 Å². The molecule has 4 nitrogen and oxygen atoms in total. The molecule has 0 saturated carbocycles. The fourth-order valence-corrected chi connectivity index (χ4v) is 4.64. The van der Waals surface area contributed by atoms with Crippen molar-refractivity contribution in [2.75, 3.05) is 7.05 Å². The molecule has 2 atom stereocenters. The topological polar surface area (TPSA) is 38.8 Å². The molecular formula is C21H30BNO3. The quantitative estimate of drug-likeness (QED) is 0.617. The Kier molecular flexibility index (Phi) is 4.33. The average Bonchev–Trinajstić information content (AvgIpc) is 2.92. The minimum absolute atomic E-state index is 0.173. The minimum atomic E-state index is -0.372. The van der Waals surface area contributed by atoms with Crippen molar-refractivity contribution in [2.24, 2.45) is 5.92 Å². The molecule has 0 amide bonds. The van der Waals surface area contributed by atoms with E-state index in [-0.39, 0.29) is 24.2 Å². The first-order chi connectivity index (χ1) is 12.2. The molecule has 0 aromatic heterocycles. The van der Waals surface area contributed by atoms with Gasteiger partial charge in [-0.05, 0) is 65.9 Å². The van der Waals surface area contributed by atoms with Crippen molar-refractivity contribution >= 4 is 18.4 Å². The van der Waals surface area contributed by atoms with E-state index in [1.165, 1.54) is 12.8 Å². The lowest BCUT2D eigenvalue weighted by Crippen LogP contribution is -2.42. The van der Waals surface area contributed by atoms with Crippen molar-refractivity contribution in [3.63, 3.8) is 0 Å². The van der Waals surface area contributed by atoms with Crippen molar-refractivity contribution in [1.29, 1.82) is 0 Å². The molecular weight excluding hydrogens is 325 g/mol. The Labute approximate surface area is 157 Å². The highest BCUT2D eigenvalue weighted by molar-refractivity contribution is 6.62. The van der Waals surface area contributed by atoms with Gasteiger partial charge in [-0.25, -0.2) is 0 Å². The first kappa shape index (κ1) is 18.2. The summed E-state index contributed by atoms with van der Waals surface area (Å²) in [6.07, 6.45) is 4.49. The van der Waals surface area contributed by atoms with Gasteiger partial charge in [-0.15, -0.1) is 0 Å². The molecule has 3 aliphatic heterocycles. The Bertz CT molecular complexity index is 670. The van der Waals surface area contributed by atoms with E-state index < -0.39 is 0 Å². The lowest BCUT2D eigenvalue weighted by molar-refractivity contribution is 0.00578. The molecule has 2 bridgehead atoms. The van der Waals surface area contributed by atoms with Crippen LogP contribution in [0.3, 0.4) is 0 Å². The Balaban J connectivity index is 1.46. The van der Waals surface area contributed by atoms with Crippen LogP contribution in [-0.2, 0) is 9.31 Å². The number of hydrogen-bond donors (Lipinski definition) is 0. The normalized spacial score (nSPS) is 32.8. The summed E-state index contributed by atoms with van der Waals surface area (Å²) in [6, 6.07) is 9.04. The molecule has 2 unspecified atom stereocenters. The van der Waals surface area contributed by atoms with E-state index in [0.29, 0.717) is 17.9 Å². The molecule has 1 aromatic carbocycles. The van der Waals surface area contributed by atoms with Crippen molar-refractivity contribution in [3.05, 3.63) is 29.8 Å². The van der Waals surface area contributed by atoms with Gasteiger partial charge in [0, 0.05) is 23.6 Å². The second-order valence-corrected chi connectivity index (χ2v) is 9.29. The monoisotopic (exact) mass is 355 g/mol. The number of carbonyl (C=O) groups is 1. The molecule has 26 heavy (non-hydrogen) atoms. The molecule has 3 saturated heterocycles. The zero-order chi connectivity index (χ0) is 18.7. The summed E-state index contributed by atoms with van der Waals surface area (Å²) < 4.78 is 12.2. The maximum atomic E-state index is 13.0. The van der Waals surface area contributed by atoms with Crippen LogP contribution in [0.25, 0.3) is 0 Å². The zero-order valence-corrected chi connectivity index (χ0v) is 16.6. The Morgan fingerprint density at radius 2 is 1.50 bits per heavy atom. The number of nitrogens with zero attached hydrogens (tertiary/aromatic N) is 1. The third-order valence-electron chi connectivity index (χ3n) is 7.19. The summed E-state index contributed by atoms with van der Waals surface area (Å²) in [6.45, 7) is 8.22. The number of ketones is 1. The molecule has 4 rings (SSSR count). The first-order valence-electron chi connectivity index (χ1n) is 9.90. The highest BCUT2D eigenvalue weighted by atomic mass is 16.7. The van der Waals surface area contributed by atoms with Gasteiger partial charge in [-0.2, -0.15) is 0 Å². The number of benzene rings is 1. The van der Waals surface area contributed by atoms with Crippen LogP contribution >= 0.6 is 0 Å². The van der Waals surface area contributed by atoms with Crippen LogP contribution < -0.4 is 5.46 Å². The van der Waals surface area contributed by atoms with Crippen molar-refractivity contribution in [3.8, 4) is 0 Å². The summed E-state index contributed by atoms with van der Waals surface area (Å²) in [5, 5.41) is 0. The third kappa shape index (κ3) is 2.94. The van der Waals surface area contributed by atoms with E-state index in [9.17, 15) is 4.79 Å². The van der Waals surface area contributed by atoms with E-state index in [0.717, 1.165) is 23.9 Å². The SMILES string of the molecule is CN1C2CCC1CC(C(=O)c1ccc(B3OC(C)(C)C(C)(C)O3)cc1)C2. The van der Waals surface area contributed by atoms with Crippen LogP contribution in [0.5, 0.6) is 0 Å². The van der Waals surface area contributed by atoms with Crippen LogP contribution in [0, 0.1) is 5.92 Å². The van der Waals surface area contributed by atoms with Crippen LogP contribution in [0.1, 0.15) is 63.7 Å². The zero-order valence-electron chi connectivity index (χ0n) is 16.6. The summed E-state index contributed by atoms with van der Waals surface area (Å²) >= 11 is 0. The number of fused-ring (bicyclic) bond motifs is 2. The molecule has 1 aromatic rings.